The van der Waals surface area contributed by atoms with Crippen LogP contribution in [0.25, 0.3) is 0 Å². The molecule has 0 aliphatic carbocycles. The number of carbonyl (C=O) groups is 2. The second-order valence-corrected chi connectivity index (χ2v) is 6.65. The number of ether oxygens (including phenoxy) is 5. The van der Waals surface area contributed by atoms with Crippen molar-refractivity contribution in [1.82, 2.24) is 0 Å². The van der Waals surface area contributed by atoms with Crippen molar-refractivity contribution >= 4 is 17.5 Å². The average molecular weight is 428 g/mol. The molecule has 1 fully saturated rings. The smallest absolute Gasteiger partial charge is 0.256 e. The Kier molecular flexibility index (Phi) is 6.24. The lowest BCUT2D eigenvalue weighted by atomic mass is 9.88. The molecule has 2 aromatic rings. The number of hydrogen-bond donors (Lipinski definition) is 1. The maximum absolute atomic E-state index is 12.7. The van der Waals surface area contributed by atoms with Crippen LogP contribution in [-0.4, -0.2) is 46.9 Å². The summed E-state index contributed by atoms with van der Waals surface area (Å²) in [4.78, 5) is 25.4. The number of nitrogens with zero attached hydrogens (tertiary/aromatic N) is 1. The molecule has 2 N–H and O–H groups in total. The molecule has 0 saturated carbocycles. The standard InChI is InChI=1S/C22H24N2O7/c1-12-20(13-6-7-15(27-2)16(8-13)31-11-19(23)25)24(22(12)26)14-9-17(28-3)21(30-5)18(10-14)29-4/h6-10,20H,1,11H2,2-5H3,(H2,23,25)/t20-/m1/s1. The van der Waals surface area contributed by atoms with Gasteiger partial charge in [0.15, 0.2) is 29.6 Å². The lowest BCUT2D eigenvalue weighted by Gasteiger charge is -2.42. The minimum atomic E-state index is -0.616. The molecule has 1 heterocycles. The van der Waals surface area contributed by atoms with Crippen molar-refractivity contribution in [2.75, 3.05) is 39.9 Å². The molecule has 0 bridgehead atoms. The monoisotopic (exact) mass is 428 g/mol. The number of nitrogens with two attached hydrogens (primary N) is 1. The first-order valence-corrected chi connectivity index (χ1v) is 9.27. The van der Waals surface area contributed by atoms with E-state index in [-0.39, 0.29) is 12.5 Å². The Balaban J connectivity index is 2.03. The van der Waals surface area contributed by atoms with Crippen molar-refractivity contribution < 1.29 is 33.3 Å². The van der Waals surface area contributed by atoms with E-state index >= 15 is 0 Å². The zero-order valence-corrected chi connectivity index (χ0v) is 17.8. The summed E-state index contributed by atoms with van der Waals surface area (Å²) in [6.45, 7) is 3.61. The van der Waals surface area contributed by atoms with Crippen LogP contribution >= 0.6 is 0 Å². The van der Waals surface area contributed by atoms with Gasteiger partial charge < -0.3 is 29.4 Å². The van der Waals surface area contributed by atoms with Crippen LogP contribution in [0.4, 0.5) is 5.69 Å². The Hall–Kier alpha value is -3.88. The molecule has 1 aliphatic heterocycles. The van der Waals surface area contributed by atoms with E-state index < -0.39 is 11.9 Å². The van der Waals surface area contributed by atoms with E-state index in [0.29, 0.717) is 40.0 Å². The van der Waals surface area contributed by atoms with Crippen LogP contribution in [0.15, 0.2) is 42.5 Å². The zero-order valence-electron chi connectivity index (χ0n) is 17.8. The number of rotatable bonds is 9. The molecule has 9 heteroatoms. The topological polar surface area (TPSA) is 110 Å². The molecule has 2 aromatic carbocycles. The highest BCUT2D eigenvalue weighted by Crippen LogP contribution is 2.48. The van der Waals surface area contributed by atoms with Gasteiger partial charge in [-0.2, -0.15) is 0 Å². The van der Waals surface area contributed by atoms with Crippen molar-refractivity contribution in [2.45, 2.75) is 6.04 Å². The molecular formula is C22H24N2O7. The summed E-state index contributed by atoms with van der Waals surface area (Å²) in [6, 6.07) is 8.09. The number of carbonyl (C=O) groups excluding carboxylic acids is 2. The lowest BCUT2D eigenvalue weighted by Crippen LogP contribution is -2.48. The molecule has 1 aliphatic rings. The summed E-state index contributed by atoms with van der Waals surface area (Å²) >= 11 is 0. The van der Waals surface area contributed by atoms with Crippen LogP contribution in [0.2, 0.25) is 0 Å². The first kappa shape index (κ1) is 21.8. The third-order valence-corrected chi connectivity index (χ3v) is 4.88. The predicted molar refractivity (Wildman–Crippen MR) is 113 cm³/mol. The number of benzene rings is 2. The number of anilines is 1. The van der Waals surface area contributed by atoms with Gasteiger partial charge in [-0.25, -0.2) is 0 Å². The van der Waals surface area contributed by atoms with E-state index in [4.69, 9.17) is 29.4 Å². The SMILES string of the molecule is C=C1C(=O)N(c2cc(OC)c(OC)c(OC)c2)[C@H]1c1ccc(OC)c(OCC(N)=O)c1. The molecule has 31 heavy (non-hydrogen) atoms. The van der Waals surface area contributed by atoms with Crippen LogP contribution in [0, 0.1) is 0 Å². The van der Waals surface area contributed by atoms with Crippen LogP contribution in [0.3, 0.4) is 0 Å². The molecule has 164 valence electrons. The van der Waals surface area contributed by atoms with E-state index in [1.54, 1.807) is 35.2 Å². The Morgan fingerprint density at radius 3 is 2.10 bits per heavy atom. The molecule has 0 radical (unpaired) electrons. The molecule has 2 amide bonds. The second kappa shape index (κ2) is 8.86. The van der Waals surface area contributed by atoms with Gasteiger partial charge in [0.25, 0.3) is 11.8 Å². The third kappa shape index (κ3) is 3.94. The summed E-state index contributed by atoms with van der Waals surface area (Å²) in [6.07, 6.45) is 0. The molecule has 1 atom stereocenters. The number of hydrogen-bond acceptors (Lipinski definition) is 7. The summed E-state index contributed by atoms with van der Waals surface area (Å²) in [7, 11) is 5.99. The van der Waals surface area contributed by atoms with E-state index in [0.717, 1.165) is 5.56 Å². The van der Waals surface area contributed by atoms with Crippen molar-refractivity contribution in [3.8, 4) is 28.7 Å². The van der Waals surface area contributed by atoms with Crippen molar-refractivity contribution in [1.29, 1.82) is 0 Å². The summed E-state index contributed by atoms with van der Waals surface area (Å²) in [5.74, 6) is 1.16. The summed E-state index contributed by atoms with van der Waals surface area (Å²) in [5, 5.41) is 0. The average Bonchev–Trinajstić information content (AvgIpc) is 2.79. The predicted octanol–water partition coefficient (Wildman–Crippen LogP) is 2.23. The van der Waals surface area contributed by atoms with Gasteiger partial charge in [0, 0.05) is 17.7 Å². The maximum atomic E-state index is 12.7. The van der Waals surface area contributed by atoms with Crippen molar-refractivity contribution in [2.24, 2.45) is 5.73 Å². The minimum absolute atomic E-state index is 0.241. The van der Waals surface area contributed by atoms with Gasteiger partial charge in [-0.1, -0.05) is 12.6 Å². The molecule has 0 spiro atoms. The van der Waals surface area contributed by atoms with Gasteiger partial charge >= 0.3 is 0 Å². The van der Waals surface area contributed by atoms with Crippen LogP contribution in [0.5, 0.6) is 28.7 Å². The number of primary amides is 1. The number of amides is 2. The van der Waals surface area contributed by atoms with Gasteiger partial charge in [-0.3, -0.25) is 14.5 Å². The number of β-lactam (4-membered cyclic amide) rings is 1. The van der Waals surface area contributed by atoms with Gasteiger partial charge in [0.05, 0.1) is 40.2 Å². The van der Waals surface area contributed by atoms with Crippen LogP contribution < -0.4 is 34.3 Å². The highest BCUT2D eigenvalue weighted by Gasteiger charge is 2.43. The van der Waals surface area contributed by atoms with E-state index in [1.807, 2.05) is 0 Å². The fourth-order valence-electron chi connectivity index (χ4n) is 3.43. The summed E-state index contributed by atoms with van der Waals surface area (Å²) in [5.41, 5.74) is 6.85. The molecular weight excluding hydrogens is 404 g/mol. The van der Waals surface area contributed by atoms with E-state index in [2.05, 4.69) is 6.58 Å². The molecule has 3 rings (SSSR count). The molecule has 0 unspecified atom stereocenters. The molecule has 9 nitrogen and oxygen atoms in total. The minimum Gasteiger partial charge on any atom is -0.493 e. The summed E-state index contributed by atoms with van der Waals surface area (Å²) < 4.78 is 26.9. The Morgan fingerprint density at radius 2 is 1.58 bits per heavy atom. The lowest BCUT2D eigenvalue weighted by molar-refractivity contribution is -0.120. The first-order valence-electron chi connectivity index (χ1n) is 9.27. The van der Waals surface area contributed by atoms with Crippen LogP contribution in [0.1, 0.15) is 11.6 Å². The Morgan fingerprint density at radius 1 is 0.968 bits per heavy atom. The largest absolute Gasteiger partial charge is 0.493 e. The van der Waals surface area contributed by atoms with Gasteiger partial charge in [-0.15, -0.1) is 0 Å². The highest BCUT2D eigenvalue weighted by molar-refractivity contribution is 6.15. The zero-order chi connectivity index (χ0) is 22.7. The van der Waals surface area contributed by atoms with Gasteiger partial charge in [-0.05, 0) is 17.7 Å². The van der Waals surface area contributed by atoms with Crippen LogP contribution in [-0.2, 0) is 9.59 Å². The Bertz CT molecular complexity index is 1010. The quantitative estimate of drug-likeness (QED) is 0.482. The van der Waals surface area contributed by atoms with Gasteiger partial charge in [0.1, 0.15) is 0 Å². The molecule has 1 saturated heterocycles. The number of methoxy groups -OCH3 is 4. The Labute approximate surface area is 179 Å². The highest BCUT2D eigenvalue weighted by atomic mass is 16.5. The fraction of sp³-hybridized carbons (Fsp3) is 0.273. The molecule has 0 aromatic heterocycles. The first-order chi connectivity index (χ1) is 14.9. The normalized spacial score (nSPS) is 15.2. The third-order valence-electron chi connectivity index (χ3n) is 4.88. The second-order valence-electron chi connectivity index (χ2n) is 6.65. The van der Waals surface area contributed by atoms with Crippen molar-refractivity contribution in [3.63, 3.8) is 0 Å². The van der Waals surface area contributed by atoms with Crippen molar-refractivity contribution in [3.05, 3.63) is 48.0 Å². The fourth-order valence-corrected chi connectivity index (χ4v) is 3.43. The van der Waals surface area contributed by atoms with Gasteiger partial charge in [0.2, 0.25) is 5.75 Å². The van der Waals surface area contributed by atoms with E-state index in [9.17, 15) is 9.59 Å². The van der Waals surface area contributed by atoms with E-state index in [1.165, 1.54) is 28.4 Å². The maximum Gasteiger partial charge on any atom is 0.256 e.